The molecule has 9 heavy (non-hydrogen) atoms. The van der Waals surface area contributed by atoms with Crippen molar-refractivity contribution in [2.75, 3.05) is 18.6 Å². The third-order valence-electron chi connectivity index (χ3n) is 0.676. The Balaban J connectivity index is 3.10. The van der Waals surface area contributed by atoms with Crippen LogP contribution in [0, 0.1) is 0 Å². The lowest BCUT2D eigenvalue weighted by Crippen LogP contribution is -2.07. The first-order chi connectivity index (χ1) is 4.13. The van der Waals surface area contributed by atoms with E-state index in [0.29, 0.717) is 5.75 Å². The smallest absolute Gasteiger partial charge is 0.302 e. The van der Waals surface area contributed by atoms with Gasteiger partial charge in [-0.05, 0) is 0 Å². The molecule has 0 saturated carbocycles. The number of hydrogen-bond donors (Lipinski definition) is 0. The van der Waals surface area contributed by atoms with Crippen molar-refractivity contribution in [2.24, 2.45) is 0 Å². The normalized spacial score (nSPS) is 12.7. The van der Waals surface area contributed by atoms with E-state index in [1.165, 1.54) is 6.92 Å². The average molecular weight is 150 g/mol. The van der Waals surface area contributed by atoms with Crippen LogP contribution in [0.15, 0.2) is 0 Å². The fourth-order valence-corrected chi connectivity index (χ4v) is 0.621. The van der Waals surface area contributed by atoms with Crippen molar-refractivity contribution in [3.63, 3.8) is 0 Å². The molecule has 54 valence electrons. The van der Waals surface area contributed by atoms with Crippen LogP contribution >= 0.6 is 0 Å². The summed E-state index contributed by atoms with van der Waals surface area (Å²) in [7, 11) is -0.859. The van der Waals surface area contributed by atoms with Crippen LogP contribution in [0.25, 0.3) is 0 Å². The number of carbonyl (C=O) groups excluding carboxylic acids is 1. The zero-order chi connectivity index (χ0) is 7.28. The van der Waals surface area contributed by atoms with Crippen LogP contribution in [0.3, 0.4) is 0 Å². The lowest BCUT2D eigenvalue weighted by Gasteiger charge is -1.96. The van der Waals surface area contributed by atoms with Crippen LogP contribution in [0.5, 0.6) is 0 Å². The predicted octanol–water partition coefficient (Wildman–Crippen LogP) is -0.0720. The van der Waals surface area contributed by atoms with E-state index in [1.807, 2.05) is 0 Å². The van der Waals surface area contributed by atoms with Gasteiger partial charge in [0, 0.05) is 24.0 Å². The van der Waals surface area contributed by atoms with Crippen LogP contribution in [0.2, 0.25) is 0 Å². The highest BCUT2D eigenvalue weighted by Crippen LogP contribution is 1.78. The summed E-state index contributed by atoms with van der Waals surface area (Å²) in [5.41, 5.74) is 0. The molecule has 0 aromatic carbocycles. The fraction of sp³-hybridized carbons (Fsp3) is 0.800. The first-order valence-corrected chi connectivity index (χ1v) is 4.29. The van der Waals surface area contributed by atoms with Gasteiger partial charge in [-0.2, -0.15) is 0 Å². The number of rotatable bonds is 3. The summed E-state index contributed by atoms with van der Waals surface area (Å²) in [4.78, 5) is 10.1. The van der Waals surface area contributed by atoms with E-state index in [9.17, 15) is 9.00 Å². The van der Waals surface area contributed by atoms with Crippen molar-refractivity contribution in [1.29, 1.82) is 0 Å². The Morgan fingerprint density at radius 2 is 2.22 bits per heavy atom. The second kappa shape index (κ2) is 4.49. The maximum Gasteiger partial charge on any atom is 0.302 e. The molecule has 1 atom stereocenters. The summed E-state index contributed by atoms with van der Waals surface area (Å²) in [6, 6.07) is 0. The van der Waals surface area contributed by atoms with Gasteiger partial charge in [0.15, 0.2) is 0 Å². The largest absolute Gasteiger partial charge is 0.465 e. The quantitative estimate of drug-likeness (QED) is 0.529. The standard InChI is InChI=1S/C5H10O3S/c1-5(6)8-3-4-9(2)7/h3-4H2,1-2H3. The van der Waals surface area contributed by atoms with E-state index in [1.54, 1.807) is 6.26 Å². The second-order valence-corrected chi connectivity index (χ2v) is 3.17. The molecule has 0 aromatic heterocycles. The second-order valence-electron chi connectivity index (χ2n) is 1.62. The van der Waals surface area contributed by atoms with Crippen molar-refractivity contribution in [3.05, 3.63) is 0 Å². The summed E-state index contributed by atoms with van der Waals surface area (Å²) in [5.74, 6) is 0.111. The average Bonchev–Trinajstić information content (AvgIpc) is 1.63. The lowest BCUT2D eigenvalue weighted by atomic mass is 10.8. The van der Waals surface area contributed by atoms with Crippen LogP contribution in [0.4, 0.5) is 0 Å². The van der Waals surface area contributed by atoms with Gasteiger partial charge in [0.2, 0.25) is 0 Å². The molecule has 3 nitrogen and oxygen atoms in total. The molecule has 0 aliphatic heterocycles. The summed E-state index contributed by atoms with van der Waals surface area (Å²) in [6.45, 7) is 1.59. The molecule has 0 N–H and O–H groups in total. The zero-order valence-corrected chi connectivity index (χ0v) is 6.36. The molecule has 0 aliphatic carbocycles. The number of esters is 1. The molecule has 0 rings (SSSR count). The fourth-order valence-electron chi connectivity index (χ4n) is 0.303. The van der Waals surface area contributed by atoms with E-state index in [4.69, 9.17) is 0 Å². The highest BCUT2D eigenvalue weighted by Gasteiger charge is 1.93. The van der Waals surface area contributed by atoms with Crippen LogP contribution in [-0.2, 0) is 20.3 Å². The summed E-state index contributed by atoms with van der Waals surface area (Å²) in [6.07, 6.45) is 1.57. The SMILES string of the molecule is CC(=O)OCCS(C)=O. The Kier molecular flexibility index (Phi) is 4.30. The third-order valence-corrected chi connectivity index (χ3v) is 1.42. The Labute approximate surface area is 56.8 Å². The third kappa shape index (κ3) is 7.62. The molecule has 0 radical (unpaired) electrons. The van der Waals surface area contributed by atoms with Crippen LogP contribution in [-0.4, -0.2) is 28.8 Å². The van der Waals surface area contributed by atoms with Gasteiger partial charge < -0.3 is 4.74 Å². The van der Waals surface area contributed by atoms with Crippen molar-refractivity contribution in [1.82, 2.24) is 0 Å². The number of carbonyl (C=O) groups is 1. The van der Waals surface area contributed by atoms with Crippen LogP contribution in [0.1, 0.15) is 6.92 Å². The molecule has 0 aliphatic rings. The highest BCUT2D eigenvalue weighted by molar-refractivity contribution is 7.84. The Hall–Kier alpha value is -0.380. The predicted molar refractivity (Wildman–Crippen MR) is 35.6 cm³/mol. The lowest BCUT2D eigenvalue weighted by molar-refractivity contribution is -0.140. The monoisotopic (exact) mass is 150 g/mol. The Morgan fingerprint density at radius 3 is 2.56 bits per heavy atom. The molecule has 0 amide bonds. The molecule has 0 spiro atoms. The number of ether oxygens (including phenoxy) is 1. The first-order valence-electron chi connectivity index (χ1n) is 2.56. The van der Waals surface area contributed by atoms with Gasteiger partial charge in [-0.1, -0.05) is 0 Å². The highest BCUT2D eigenvalue weighted by atomic mass is 32.2. The van der Waals surface area contributed by atoms with Gasteiger partial charge in [-0.3, -0.25) is 9.00 Å². The molecule has 4 heteroatoms. The minimum Gasteiger partial charge on any atom is -0.465 e. The molecule has 0 bridgehead atoms. The van der Waals surface area contributed by atoms with Gasteiger partial charge in [0.05, 0.1) is 5.75 Å². The van der Waals surface area contributed by atoms with Crippen molar-refractivity contribution in [2.45, 2.75) is 6.92 Å². The molecule has 0 heterocycles. The Bertz CT molecular complexity index is 107. The molecular weight excluding hydrogens is 140 g/mol. The Morgan fingerprint density at radius 1 is 1.67 bits per heavy atom. The first kappa shape index (κ1) is 8.62. The topological polar surface area (TPSA) is 43.4 Å². The van der Waals surface area contributed by atoms with E-state index < -0.39 is 10.8 Å². The summed E-state index contributed by atoms with van der Waals surface area (Å²) in [5, 5.41) is 0. The van der Waals surface area contributed by atoms with Gasteiger partial charge in [0.25, 0.3) is 0 Å². The maximum atomic E-state index is 10.3. The van der Waals surface area contributed by atoms with Crippen molar-refractivity contribution in [3.8, 4) is 0 Å². The van der Waals surface area contributed by atoms with Crippen molar-refractivity contribution < 1.29 is 13.7 Å². The summed E-state index contributed by atoms with van der Waals surface area (Å²) >= 11 is 0. The zero-order valence-electron chi connectivity index (χ0n) is 5.55. The molecule has 0 aromatic rings. The van der Waals surface area contributed by atoms with E-state index in [-0.39, 0.29) is 12.6 Å². The van der Waals surface area contributed by atoms with Gasteiger partial charge >= 0.3 is 5.97 Å². The molecule has 0 fully saturated rings. The molecule has 0 saturated heterocycles. The van der Waals surface area contributed by atoms with Gasteiger partial charge in [-0.15, -0.1) is 0 Å². The maximum absolute atomic E-state index is 10.3. The summed E-state index contributed by atoms with van der Waals surface area (Å²) < 4.78 is 14.9. The van der Waals surface area contributed by atoms with Crippen molar-refractivity contribution >= 4 is 16.8 Å². The number of hydrogen-bond acceptors (Lipinski definition) is 3. The molecular formula is C5H10O3S. The molecule has 1 unspecified atom stereocenters. The van der Waals surface area contributed by atoms with Gasteiger partial charge in [0.1, 0.15) is 6.61 Å². The van der Waals surface area contributed by atoms with Crippen LogP contribution < -0.4 is 0 Å². The van der Waals surface area contributed by atoms with E-state index >= 15 is 0 Å². The van der Waals surface area contributed by atoms with E-state index in [2.05, 4.69) is 4.74 Å². The minimum atomic E-state index is -0.859. The minimum absolute atomic E-state index is 0.262. The van der Waals surface area contributed by atoms with E-state index in [0.717, 1.165) is 0 Å². The van der Waals surface area contributed by atoms with Gasteiger partial charge in [-0.25, -0.2) is 0 Å².